The zero-order chi connectivity index (χ0) is 18.8. The molecule has 0 radical (unpaired) electrons. The molecule has 2 heterocycles. The second-order valence-electron chi connectivity index (χ2n) is 5.58. The van der Waals surface area contributed by atoms with Gasteiger partial charge >= 0.3 is 5.00 Å². The molecule has 0 N–H and O–H groups in total. The molecule has 26 heavy (non-hydrogen) atoms. The van der Waals surface area contributed by atoms with Crippen LogP contribution in [0.1, 0.15) is 20.0 Å². The van der Waals surface area contributed by atoms with Gasteiger partial charge in [-0.25, -0.2) is 0 Å². The molecule has 0 atom stereocenters. The van der Waals surface area contributed by atoms with Crippen LogP contribution in [0.5, 0.6) is 0 Å². The number of thiophene rings is 1. The van der Waals surface area contributed by atoms with Crippen LogP contribution in [0.25, 0.3) is 0 Å². The van der Waals surface area contributed by atoms with Gasteiger partial charge in [0.15, 0.2) is 0 Å². The Morgan fingerprint density at radius 1 is 1.00 bits per heavy atom. The lowest BCUT2D eigenvalue weighted by molar-refractivity contribution is -0.380. The van der Waals surface area contributed by atoms with Gasteiger partial charge in [-0.2, -0.15) is 0 Å². The van der Waals surface area contributed by atoms with Crippen molar-refractivity contribution in [1.82, 2.24) is 9.80 Å². The number of benzene rings is 1. The van der Waals surface area contributed by atoms with Crippen molar-refractivity contribution in [2.75, 3.05) is 26.2 Å². The van der Waals surface area contributed by atoms with Gasteiger partial charge in [-0.3, -0.25) is 19.7 Å². The van der Waals surface area contributed by atoms with Crippen molar-refractivity contribution < 1.29 is 14.5 Å². The molecule has 1 aromatic heterocycles. The van der Waals surface area contributed by atoms with Crippen molar-refractivity contribution in [1.29, 1.82) is 0 Å². The molecule has 10 heteroatoms. The molecule has 1 saturated heterocycles. The highest BCUT2D eigenvalue weighted by molar-refractivity contribution is 7.17. The number of rotatable bonds is 3. The van der Waals surface area contributed by atoms with Gasteiger partial charge in [-0.1, -0.05) is 40.6 Å². The third-order valence-corrected chi connectivity index (χ3v) is 5.86. The van der Waals surface area contributed by atoms with Crippen LogP contribution in [0.3, 0.4) is 0 Å². The zero-order valence-corrected chi connectivity index (χ0v) is 15.7. The van der Waals surface area contributed by atoms with Crippen LogP contribution >= 0.6 is 34.5 Å². The molecule has 2 aromatic rings. The average molecular weight is 414 g/mol. The number of carbonyl (C=O) groups is 2. The highest BCUT2D eigenvalue weighted by atomic mass is 35.5. The fraction of sp³-hybridized carbons (Fsp3) is 0.250. The number of piperazine rings is 1. The quantitative estimate of drug-likeness (QED) is 0.568. The lowest BCUT2D eigenvalue weighted by Gasteiger charge is -2.34. The zero-order valence-electron chi connectivity index (χ0n) is 13.4. The minimum atomic E-state index is -0.521. The summed E-state index contributed by atoms with van der Waals surface area (Å²) >= 11 is 12.9. The van der Waals surface area contributed by atoms with E-state index in [4.69, 9.17) is 23.2 Å². The second kappa shape index (κ2) is 7.61. The summed E-state index contributed by atoms with van der Waals surface area (Å²) in [4.78, 5) is 38.8. The van der Waals surface area contributed by atoms with Gasteiger partial charge in [0, 0.05) is 32.2 Å². The van der Waals surface area contributed by atoms with E-state index in [0.717, 1.165) is 11.3 Å². The molecule has 0 unspecified atom stereocenters. The van der Waals surface area contributed by atoms with Gasteiger partial charge in [-0.05, 0) is 18.2 Å². The number of hydrogen-bond donors (Lipinski definition) is 0. The van der Waals surface area contributed by atoms with E-state index >= 15 is 0 Å². The SMILES string of the molecule is O=C(c1ccc([N+](=O)[O-])s1)N1CCN(C(=O)c2cccc(Cl)c2Cl)CC1. The van der Waals surface area contributed by atoms with Crippen molar-refractivity contribution in [3.63, 3.8) is 0 Å². The molecule has 0 bridgehead atoms. The number of halogens is 2. The van der Waals surface area contributed by atoms with Crippen molar-refractivity contribution >= 4 is 51.4 Å². The predicted molar refractivity (Wildman–Crippen MR) is 99.2 cm³/mol. The van der Waals surface area contributed by atoms with Crippen LogP contribution in [0, 0.1) is 10.1 Å². The number of nitrogens with zero attached hydrogens (tertiary/aromatic N) is 3. The predicted octanol–water partition coefficient (Wildman–Crippen LogP) is 3.56. The molecular formula is C16H13Cl2N3O4S. The highest BCUT2D eigenvalue weighted by Gasteiger charge is 2.28. The third kappa shape index (κ3) is 3.67. The summed E-state index contributed by atoms with van der Waals surface area (Å²) in [6, 6.07) is 7.65. The number of amides is 2. The molecule has 1 fully saturated rings. The maximum atomic E-state index is 12.6. The summed E-state index contributed by atoms with van der Waals surface area (Å²) in [6.07, 6.45) is 0. The first kappa shape index (κ1) is 18.6. The van der Waals surface area contributed by atoms with E-state index in [1.165, 1.54) is 12.1 Å². The van der Waals surface area contributed by atoms with Crippen LogP contribution < -0.4 is 0 Å². The van der Waals surface area contributed by atoms with Gasteiger partial charge in [0.1, 0.15) is 0 Å². The van der Waals surface area contributed by atoms with E-state index in [9.17, 15) is 19.7 Å². The number of nitro groups is 1. The van der Waals surface area contributed by atoms with E-state index in [1.54, 1.807) is 28.0 Å². The van der Waals surface area contributed by atoms with E-state index < -0.39 is 4.92 Å². The van der Waals surface area contributed by atoms with Gasteiger partial charge in [0.25, 0.3) is 11.8 Å². The molecule has 136 valence electrons. The largest absolute Gasteiger partial charge is 0.335 e. The minimum Gasteiger partial charge on any atom is -0.335 e. The van der Waals surface area contributed by atoms with Crippen LogP contribution in [-0.4, -0.2) is 52.7 Å². The topological polar surface area (TPSA) is 83.8 Å². The van der Waals surface area contributed by atoms with Crippen LogP contribution in [0.2, 0.25) is 10.0 Å². The van der Waals surface area contributed by atoms with Crippen LogP contribution in [-0.2, 0) is 0 Å². The standard InChI is InChI=1S/C16H13Cl2N3O4S/c17-11-3-1-2-10(14(11)18)15(22)19-6-8-20(9-7-19)16(23)12-4-5-13(26-12)21(24)25/h1-5H,6-9H2. The summed E-state index contributed by atoms with van der Waals surface area (Å²) in [5.41, 5.74) is 0.327. The Bertz CT molecular complexity index is 878. The van der Waals surface area contributed by atoms with Crippen molar-refractivity contribution in [2.24, 2.45) is 0 Å². The normalized spacial score (nSPS) is 14.4. The summed E-state index contributed by atoms with van der Waals surface area (Å²) in [5.74, 6) is -0.507. The van der Waals surface area contributed by atoms with Crippen molar-refractivity contribution in [3.05, 3.63) is 60.9 Å². The molecular weight excluding hydrogens is 401 g/mol. The molecule has 0 aliphatic carbocycles. The number of hydrogen-bond acceptors (Lipinski definition) is 5. The van der Waals surface area contributed by atoms with Gasteiger partial charge in [0.2, 0.25) is 0 Å². The summed E-state index contributed by atoms with van der Waals surface area (Å²) < 4.78 is 0. The van der Waals surface area contributed by atoms with E-state index in [-0.39, 0.29) is 21.8 Å². The van der Waals surface area contributed by atoms with Crippen molar-refractivity contribution in [3.8, 4) is 0 Å². The van der Waals surface area contributed by atoms with E-state index in [1.807, 2.05) is 0 Å². The summed E-state index contributed by atoms with van der Waals surface area (Å²) in [7, 11) is 0. The van der Waals surface area contributed by atoms with Crippen molar-refractivity contribution in [2.45, 2.75) is 0 Å². The Morgan fingerprint density at radius 2 is 1.62 bits per heavy atom. The van der Waals surface area contributed by atoms with Crippen LogP contribution in [0.15, 0.2) is 30.3 Å². The Balaban J connectivity index is 1.65. The van der Waals surface area contributed by atoms with E-state index in [0.29, 0.717) is 41.6 Å². The monoisotopic (exact) mass is 413 g/mol. The molecule has 0 saturated carbocycles. The maximum Gasteiger partial charge on any atom is 0.324 e. The molecule has 0 spiro atoms. The molecule has 1 aromatic carbocycles. The molecule has 7 nitrogen and oxygen atoms in total. The van der Waals surface area contributed by atoms with Gasteiger partial charge in [0.05, 0.1) is 25.4 Å². The fourth-order valence-corrected chi connectivity index (χ4v) is 3.82. The first-order chi connectivity index (χ1) is 12.4. The van der Waals surface area contributed by atoms with Gasteiger partial charge < -0.3 is 9.80 Å². The smallest absolute Gasteiger partial charge is 0.324 e. The summed E-state index contributed by atoms with van der Waals surface area (Å²) in [6.45, 7) is 1.38. The maximum absolute atomic E-state index is 12.6. The molecule has 1 aliphatic rings. The Hall–Kier alpha value is -2.16. The first-order valence-corrected chi connectivity index (χ1v) is 9.22. The van der Waals surface area contributed by atoms with Crippen LogP contribution in [0.4, 0.5) is 5.00 Å². The number of carbonyl (C=O) groups excluding carboxylic acids is 2. The Morgan fingerprint density at radius 3 is 2.19 bits per heavy atom. The lowest BCUT2D eigenvalue weighted by atomic mass is 10.1. The first-order valence-electron chi connectivity index (χ1n) is 7.65. The highest BCUT2D eigenvalue weighted by Crippen LogP contribution is 2.28. The molecule has 1 aliphatic heterocycles. The fourth-order valence-electron chi connectivity index (χ4n) is 2.65. The third-order valence-electron chi connectivity index (χ3n) is 4.02. The van der Waals surface area contributed by atoms with E-state index in [2.05, 4.69) is 0 Å². The summed E-state index contributed by atoms with van der Waals surface area (Å²) in [5, 5.41) is 11.2. The average Bonchev–Trinajstić information content (AvgIpc) is 3.13. The minimum absolute atomic E-state index is 0.0715. The lowest BCUT2D eigenvalue weighted by Crippen LogP contribution is -2.50. The molecule has 2 amide bonds. The Labute approximate surface area is 162 Å². The second-order valence-corrected chi connectivity index (χ2v) is 7.43. The Kier molecular flexibility index (Phi) is 5.45. The molecule has 3 rings (SSSR count). The van der Waals surface area contributed by atoms with Gasteiger partial charge in [-0.15, -0.1) is 0 Å².